The van der Waals surface area contributed by atoms with Crippen LogP contribution in [0.2, 0.25) is 0 Å². The van der Waals surface area contributed by atoms with E-state index in [2.05, 4.69) is 22.9 Å². The van der Waals surface area contributed by atoms with E-state index in [9.17, 15) is 9.59 Å². The van der Waals surface area contributed by atoms with Gasteiger partial charge in [-0.2, -0.15) is 0 Å². The van der Waals surface area contributed by atoms with Crippen LogP contribution in [0.25, 0.3) is 0 Å². The molecule has 0 aromatic rings. The van der Waals surface area contributed by atoms with Crippen LogP contribution < -0.4 is 16.0 Å². The minimum absolute atomic E-state index is 0.0558. The second kappa shape index (κ2) is 5.70. The highest BCUT2D eigenvalue weighted by molar-refractivity contribution is 5.87. The molecule has 3 N–H and O–H groups in total. The third kappa shape index (κ3) is 3.51. The summed E-state index contributed by atoms with van der Waals surface area (Å²) in [4.78, 5) is 22.6. The summed E-state index contributed by atoms with van der Waals surface area (Å²) in [6, 6.07) is -0.150. The lowest BCUT2D eigenvalue weighted by Gasteiger charge is -2.28. The summed E-state index contributed by atoms with van der Waals surface area (Å²) in [5.74, 6) is 0.0843. The summed E-state index contributed by atoms with van der Waals surface area (Å²) < 4.78 is 0. The predicted molar refractivity (Wildman–Crippen MR) is 57.3 cm³/mol. The van der Waals surface area contributed by atoms with E-state index in [1.807, 2.05) is 0 Å². The topological polar surface area (TPSA) is 70.2 Å². The van der Waals surface area contributed by atoms with Crippen molar-refractivity contribution in [2.45, 2.75) is 25.8 Å². The first kappa shape index (κ1) is 12.0. The Morgan fingerprint density at radius 3 is 2.80 bits per heavy atom. The average Bonchev–Trinajstić information content (AvgIpc) is 2.26. The number of hydrogen-bond acceptors (Lipinski definition) is 3. The van der Waals surface area contributed by atoms with Crippen LogP contribution in [0, 0.1) is 5.92 Å². The van der Waals surface area contributed by atoms with Crippen molar-refractivity contribution in [1.29, 1.82) is 0 Å². The Hall–Kier alpha value is -1.10. The van der Waals surface area contributed by atoms with Gasteiger partial charge in [-0.1, -0.05) is 6.92 Å². The molecule has 15 heavy (non-hydrogen) atoms. The van der Waals surface area contributed by atoms with E-state index < -0.39 is 0 Å². The third-order valence-electron chi connectivity index (χ3n) is 2.75. The molecule has 1 fully saturated rings. The van der Waals surface area contributed by atoms with E-state index >= 15 is 0 Å². The Morgan fingerprint density at radius 1 is 1.47 bits per heavy atom. The normalized spacial score (nSPS) is 25.7. The maximum Gasteiger partial charge on any atom is 0.239 e. The summed E-state index contributed by atoms with van der Waals surface area (Å²) in [7, 11) is 1.55. The van der Waals surface area contributed by atoms with Crippen molar-refractivity contribution in [3.8, 4) is 0 Å². The zero-order chi connectivity index (χ0) is 11.3. The van der Waals surface area contributed by atoms with E-state index in [-0.39, 0.29) is 24.4 Å². The molecule has 0 aromatic heterocycles. The zero-order valence-electron chi connectivity index (χ0n) is 9.30. The molecule has 2 amide bonds. The van der Waals surface area contributed by atoms with E-state index in [1.54, 1.807) is 7.05 Å². The van der Waals surface area contributed by atoms with E-state index in [1.165, 1.54) is 0 Å². The number of hydrogen-bond donors (Lipinski definition) is 3. The van der Waals surface area contributed by atoms with Crippen molar-refractivity contribution < 1.29 is 9.59 Å². The molecule has 0 saturated carbocycles. The van der Waals surface area contributed by atoms with Crippen molar-refractivity contribution in [2.75, 3.05) is 20.1 Å². The van der Waals surface area contributed by atoms with Gasteiger partial charge in [-0.15, -0.1) is 0 Å². The Kier molecular flexibility index (Phi) is 4.55. The molecule has 0 aliphatic carbocycles. The van der Waals surface area contributed by atoms with Crippen LogP contribution >= 0.6 is 0 Å². The molecule has 2 unspecified atom stereocenters. The number of likely N-dealkylation sites (N-methyl/N-ethyl adjacent to an activating group) is 1. The molecule has 1 saturated heterocycles. The number of rotatable bonds is 3. The number of amides is 2. The molecule has 0 aromatic carbocycles. The van der Waals surface area contributed by atoms with Crippen molar-refractivity contribution in [2.24, 2.45) is 5.92 Å². The first-order valence-electron chi connectivity index (χ1n) is 5.37. The Balaban J connectivity index is 2.35. The zero-order valence-corrected chi connectivity index (χ0v) is 9.30. The first-order valence-corrected chi connectivity index (χ1v) is 5.37. The first-order chi connectivity index (χ1) is 7.15. The van der Waals surface area contributed by atoms with Gasteiger partial charge in [0, 0.05) is 7.05 Å². The van der Waals surface area contributed by atoms with Gasteiger partial charge in [0.2, 0.25) is 11.8 Å². The average molecular weight is 213 g/mol. The summed E-state index contributed by atoms with van der Waals surface area (Å²) in [5.41, 5.74) is 0. The van der Waals surface area contributed by atoms with Gasteiger partial charge in [-0.25, -0.2) is 0 Å². The van der Waals surface area contributed by atoms with Gasteiger partial charge in [0.1, 0.15) is 0 Å². The monoisotopic (exact) mass is 213 g/mol. The van der Waals surface area contributed by atoms with Gasteiger partial charge < -0.3 is 16.0 Å². The van der Waals surface area contributed by atoms with Crippen LogP contribution in [0.5, 0.6) is 0 Å². The smallest absolute Gasteiger partial charge is 0.239 e. The van der Waals surface area contributed by atoms with Crippen molar-refractivity contribution in [1.82, 2.24) is 16.0 Å². The van der Waals surface area contributed by atoms with E-state index in [0.717, 1.165) is 19.4 Å². The fourth-order valence-electron chi connectivity index (χ4n) is 1.77. The van der Waals surface area contributed by atoms with E-state index in [4.69, 9.17) is 0 Å². The van der Waals surface area contributed by atoms with Crippen molar-refractivity contribution >= 4 is 11.8 Å². The molecule has 2 atom stereocenters. The molecule has 0 spiro atoms. The Morgan fingerprint density at radius 2 is 2.20 bits per heavy atom. The molecular weight excluding hydrogens is 194 g/mol. The van der Waals surface area contributed by atoms with Crippen LogP contribution in [0.15, 0.2) is 0 Å². The third-order valence-corrected chi connectivity index (χ3v) is 2.75. The van der Waals surface area contributed by atoms with Gasteiger partial charge in [-0.05, 0) is 25.3 Å². The summed E-state index contributed by atoms with van der Waals surface area (Å²) in [6.45, 7) is 2.99. The summed E-state index contributed by atoms with van der Waals surface area (Å²) >= 11 is 0. The maximum absolute atomic E-state index is 11.7. The van der Waals surface area contributed by atoms with Crippen molar-refractivity contribution in [3.63, 3.8) is 0 Å². The lowest BCUT2D eigenvalue weighted by atomic mass is 9.92. The molecule has 0 radical (unpaired) electrons. The van der Waals surface area contributed by atoms with Gasteiger partial charge in [-0.3, -0.25) is 9.59 Å². The molecule has 5 nitrogen and oxygen atoms in total. The quantitative estimate of drug-likeness (QED) is 0.577. The van der Waals surface area contributed by atoms with E-state index in [0.29, 0.717) is 5.92 Å². The van der Waals surface area contributed by atoms with Gasteiger partial charge >= 0.3 is 0 Å². The van der Waals surface area contributed by atoms with Gasteiger partial charge in [0.15, 0.2) is 0 Å². The molecular formula is C10H19N3O2. The second-order valence-electron chi connectivity index (χ2n) is 3.94. The van der Waals surface area contributed by atoms with Gasteiger partial charge in [0.25, 0.3) is 0 Å². The highest BCUT2D eigenvalue weighted by atomic mass is 16.2. The molecule has 86 valence electrons. The van der Waals surface area contributed by atoms with Crippen LogP contribution in [0.1, 0.15) is 19.8 Å². The Bertz CT molecular complexity index is 243. The highest BCUT2D eigenvalue weighted by Crippen LogP contribution is 2.15. The number of carbonyl (C=O) groups is 2. The molecule has 1 aliphatic rings. The van der Waals surface area contributed by atoms with Crippen LogP contribution in [-0.4, -0.2) is 38.0 Å². The van der Waals surface area contributed by atoms with Crippen molar-refractivity contribution in [3.05, 3.63) is 0 Å². The molecule has 0 bridgehead atoms. The minimum Gasteiger partial charge on any atom is -0.358 e. The molecule has 5 heteroatoms. The molecule has 1 aliphatic heterocycles. The fraction of sp³-hybridized carbons (Fsp3) is 0.800. The lowest BCUT2D eigenvalue weighted by Crippen LogP contribution is -2.52. The molecule has 1 rings (SSSR count). The van der Waals surface area contributed by atoms with Crippen LogP contribution in [-0.2, 0) is 9.59 Å². The summed E-state index contributed by atoms with van der Waals surface area (Å²) in [5, 5.41) is 8.25. The largest absolute Gasteiger partial charge is 0.358 e. The SMILES string of the molecule is CNC(=O)CNC(=O)C1NCCCC1C. The minimum atomic E-state index is -0.174. The van der Waals surface area contributed by atoms with Crippen LogP contribution in [0.3, 0.4) is 0 Å². The Labute approximate surface area is 90.0 Å². The number of nitrogens with one attached hydrogen (secondary N) is 3. The van der Waals surface area contributed by atoms with Gasteiger partial charge in [0.05, 0.1) is 12.6 Å². The standard InChI is InChI=1S/C10H19N3O2/c1-7-4-3-5-12-9(7)10(15)13-6-8(14)11-2/h7,9,12H,3-6H2,1-2H3,(H,11,14)(H,13,15). The number of carbonyl (C=O) groups excluding carboxylic acids is 2. The summed E-state index contributed by atoms with van der Waals surface area (Å²) in [6.07, 6.45) is 2.17. The fourth-order valence-corrected chi connectivity index (χ4v) is 1.77. The maximum atomic E-state index is 11.7. The second-order valence-corrected chi connectivity index (χ2v) is 3.94. The van der Waals surface area contributed by atoms with Crippen LogP contribution in [0.4, 0.5) is 0 Å². The molecule has 1 heterocycles. The highest BCUT2D eigenvalue weighted by Gasteiger charge is 2.27. The number of piperidine rings is 1. The predicted octanol–water partition coefficient (Wildman–Crippen LogP) is -0.763. The lowest BCUT2D eigenvalue weighted by molar-refractivity contribution is -0.128.